The van der Waals surface area contributed by atoms with Crippen LogP contribution < -0.4 is 9.64 Å². The lowest BCUT2D eigenvalue weighted by Gasteiger charge is -2.27. The number of methoxy groups -OCH3 is 1. The number of benzene rings is 3. The zero-order valence-electron chi connectivity index (χ0n) is 19.1. The molecule has 0 saturated carbocycles. The van der Waals surface area contributed by atoms with Crippen LogP contribution in [0.25, 0.3) is 0 Å². The Bertz CT molecular complexity index is 1410. The van der Waals surface area contributed by atoms with Crippen LogP contribution in [0, 0.1) is 18.8 Å². The highest BCUT2D eigenvalue weighted by atomic mass is 16.5. The second-order valence-electron chi connectivity index (χ2n) is 9.08. The van der Waals surface area contributed by atoms with E-state index in [2.05, 4.69) is 0 Å². The number of carbonyl (C=O) groups excluding carboxylic acids is 4. The molecule has 3 aromatic carbocycles. The molecule has 2 heterocycles. The first-order valence-electron chi connectivity index (χ1n) is 11.3. The molecule has 0 N–H and O–H groups in total. The Kier molecular flexibility index (Phi) is 4.56. The fourth-order valence-electron chi connectivity index (χ4n) is 5.72. The highest BCUT2D eigenvalue weighted by Crippen LogP contribution is 2.58. The highest BCUT2D eigenvalue weighted by molar-refractivity contribution is 6.37. The van der Waals surface area contributed by atoms with Crippen molar-refractivity contribution in [1.82, 2.24) is 0 Å². The summed E-state index contributed by atoms with van der Waals surface area (Å²) in [6.07, 6.45) is -0.946. The molecule has 2 fully saturated rings. The third kappa shape index (κ3) is 2.70. The van der Waals surface area contributed by atoms with Gasteiger partial charge in [-0.1, -0.05) is 66.2 Å². The van der Waals surface area contributed by atoms with Crippen LogP contribution in [-0.4, -0.2) is 36.1 Å². The van der Waals surface area contributed by atoms with Crippen LogP contribution in [0.15, 0.2) is 72.8 Å². The van der Waals surface area contributed by atoms with Gasteiger partial charge >= 0.3 is 0 Å². The smallest absolute Gasteiger partial charge is 0.241 e. The summed E-state index contributed by atoms with van der Waals surface area (Å²) >= 11 is 0. The van der Waals surface area contributed by atoms with E-state index >= 15 is 0 Å². The van der Waals surface area contributed by atoms with Crippen molar-refractivity contribution in [2.24, 2.45) is 11.8 Å². The predicted molar refractivity (Wildman–Crippen MR) is 125 cm³/mol. The standard InChI is InChI=1S/C28H21NO6/c1-15-8-7-9-16(14-15)23-21-22(27(33)29(26(21)32)19-12-5-6-13-20(19)34-2)28(35-23)24(30)17-10-3-4-11-18(17)25(28)31/h3-14,21-23H,1-2H3/t21-,22-,23+/m0/s1. The summed E-state index contributed by atoms with van der Waals surface area (Å²) in [5.74, 6) is -4.32. The summed E-state index contributed by atoms with van der Waals surface area (Å²) in [6.45, 7) is 1.90. The number of rotatable bonds is 3. The number of amides is 2. The zero-order valence-corrected chi connectivity index (χ0v) is 19.1. The fraction of sp³-hybridized carbons (Fsp3) is 0.214. The highest BCUT2D eigenvalue weighted by Gasteiger charge is 2.74. The molecule has 1 spiro atoms. The van der Waals surface area contributed by atoms with Crippen LogP contribution in [-0.2, 0) is 14.3 Å². The van der Waals surface area contributed by atoms with Crippen molar-refractivity contribution in [2.45, 2.75) is 18.6 Å². The minimum atomic E-state index is -2.09. The van der Waals surface area contributed by atoms with Crippen molar-refractivity contribution in [2.75, 3.05) is 12.0 Å². The number of carbonyl (C=O) groups is 4. The van der Waals surface area contributed by atoms with E-state index in [1.165, 1.54) is 7.11 Å². The molecule has 7 nitrogen and oxygen atoms in total. The van der Waals surface area contributed by atoms with E-state index in [1.54, 1.807) is 54.6 Å². The summed E-state index contributed by atoms with van der Waals surface area (Å²) in [6, 6.07) is 20.5. The van der Waals surface area contributed by atoms with Gasteiger partial charge in [-0.3, -0.25) is 19.2 Å². The van der Waals surface area contributed by atoms with Crippen LogP contribution in [0.2, 0.25) is 0 Å². The minimum Gasteiger partial charge on any atom is -0.495 e. The molecule has 0 unspecified atom stereocenters. The third-order valence-corrected chi connectivity index (χ3v) is 7.22. The molecular weight excluding hydrogens is 446 g/mol. The molecule has 2 saturated heterocycles. The Labute approximate surface area is 201 Å². The number of aryl methyl sites for hydroxylation is 1. The second-order valence-corrected chi connectivity index (χ2v) is 9.08. The van der Waals surface area contributed by atoms with E-state index in [4.69, 9.17) is 9.47 Å². The average molecular weight is 467 g/mol. The largest absolute Gasteiger partial charge is 0.495 e. The van der Waals surface area contributed by atoms with Gasteiger partial charge in [-0.15, -0.1) is 0 Å². The van der Waals surface area contributed by atoms with E-state index in [1.807, 2.05) is 25.1 Å². The van der Waals surface area contributed by atoms with Crippen LogP contribution in [0.5, 0.6) is 5.75 Å². The molecule has 0 bridgehead atoms. The molecule has 35 heavy (non-hydrogen) atoms. The third-order valence-electron chi connectivity index (χ3n) is 7.22. The van der Waals surface area contributed by atoms with Gasteiger partial charge in [-0.25, -0.2) is 4.90 Å². The zero-order chi connectivity index (χ0) is 24.5. The Hall–Kier alpha value is -4.10. The van der Waals surface area contributed by atoms with Crippen molar-refractivity contribution >= 4 is 29.1 Å². The summed E-state index contributed by atoms with van der Waals surface area (Å²) < 4.78 is 11.7. The topological polar surface area (TPSA) is 90.0 Å². The van der Waals surface area contributed by atoms with Crippen LogP contribution >= 0.6 is 0 Å². The maximum atomic E-state index is 14.0. The van der Waals surface area contributed by atoms with Gasteiger partial charge in [-0.05, 0) is 24.6 Å². The van der Waals surface area contributed by atoms with E-state index in [0.717, 1.165) is 10.5 Å². The normalized spacial score (nSPS) is 24.3. The summed E-state index contributed by atoms with van der Waals surface area (Å²) in [7, 11) is 1.45. The number of fused-ring (bicyclic) bond motifs is 3. The van der Waals surface area contributed by atoms with Gasteiger partial charge in [0.1, 0.15) is 5.75 Å². The monoisotopic (exact) mass is 467 g/mol. The van der Waals surface area contributed by atoms with Gasteiger partial charge < -0.3 is 9.47 Å². The number of imide groups is 1. The maximum absolute atomic E-state index is 14.0. The quantitative estimate of drug-likeness (QED) is 0.431. The van der Waals surface area contributed by atoms with Crippen LogP contribution in [0.3, 0.4) is 0 Å². The maximum Gasteiger partial charge on any atom is 0.241 e. The summed E-state index contributed by atoms with van der Waals surface area (Å²) in [5, 5.41) is 0. The molecule has 6 rings (SSSR count). The molecule has 0 radical (unpaired) electrons. The van der Waals surface area contributed by atoms with Crippen molar-refractivity contribution in [3.05, 3.63) is 95.1 Å². The van der Waals surface area contributed by atoms with Crippen molar-refractivity contribution < 1.29 is 28.7 Å². The Morgan fingerprint density at radius 1 is 0.829 bits per heavy atom. The van der Waals surface area contributed by atoms with Crippen LogP contribution in [0.4, 0.5) is 5.69 Å². The van der Waals surface area contributed by atoms with Gasteiger partial charge in [0.05, 0.1) is 30.7 Å². The molecule has 2 amide bonds. The average Bonchev–Trinajstić information content (AvgIpc) is 3.44. The number of anilines is 1. The van der Waals surface area contributed by atoms with Crippen LogP contribution in [0.1, 0.15) is 37.9 Å². The first-order valence-corrected chi connectivity index (χ1v) is 11.3. The molecule has 3 aliphatic rings. The van der Waals surface area contributed by atoms with Gasteiger partial charge in [-0.2, -0.15) is 0 Å². The van der Waals surface area contributed by atoms with Gasteiger partial charge in [0.25, 0.3) is 0 Å². The predicted octanol–water partition coefficient (Wildman–Crippen LogP) is 3.70. The van der Waals surface area contributed by atoms with Crippen molar-refractivity contribution in [3.63, 3.8) is 0 Å². The number of Topliss-reactive ketones (excluding diaryl/α,β-unsaturated/α-hetero) is 2. The molecule has 174 valence electrons. The number of hydrogen-bond donors (Lipinski definition) is 0. The van der Waals surface area contributed by atoms with E-state index in [0.29, 0.717) is 11.3 Å². The van der Waals surface area contributed by atoms with E-state index in [-0.39, 0.29) is 16.8 Å². The molecule has 7 heteroatoms. The SMILES string of the molecule is COc1ccccc1N1C(=O)[C@@H]2[C@@H](c3cccc(C)c3)OC3(C(=O)c4ccccc4C3=O)[C@@H]2C1=O. The lowest BCUT2D eigenvalue weighted by molar-refractivity contribution is -0.127. The molecule has 1 aliphatic carbocycles. The van der Waals surface area contributed by atoms with Gasteiger partial charge in [0, 0.05) is 11.1 Å². The number of para-hydroxylation sites is 2. The first-order chi connectivity index (χ1) is 16.9. The number of ketones is 2. The second kappa shape index (κ2) is 7.45. The minimum absolute atomic E-state index is 0.206. The lowest BCUT2D eigenvalue weighted by Crippen LogP contribution is -2.51. The summed E-state index contributed by atoms with van der Waals surface area (Å²) in [4.78, 5) is 56.5. The van der Waals surface area contributed by atoms with Crippen molar-refractivity contribution in [1.29, 1.82) is 0 Å². The van der Waals surface area contributed by atoms with Crippen molar-refractivity contribution in [3.8, 4) is 5.75 Å². The summed E-state index contributed by atoms with van der Waals surface area (Å²) in [5.41, 5.74) is 0.153. The number of ether oxygens (including phenoxy) is 2. The van der Waals surface area contributed by atoms with Gasteiger partial charge in [0.2, 0.25) is 29.0 Å². The number of hydrogen-bond acceptors (Lipinski definition) is 6. The molecule has 3 atom stereocenters. The molecule has 0 aromatic heterocycles. The first kappa shape index (κ1) is 21.4. The lowest BCUT2D eigenvalue weighted by atomic mass is 9.77. The van der Waals surface area contributed by atoms with Gasteiger partial charge in [0.15, 0.2) is 0 Å². The van der Waals surface area contributed by atoms with E-state index < -0.39 is 46.9 Å². The Balaban J connectivity index is 1.56. The fourth-order valence-corrected chi connectivity index (χ4v) is 5.72. The number of nitrogens with zero attached hydrogens (tertiary/aromatic N) is 1. The molecular formula is C28H21NO6. The Morgan fingerprint density at radius 3 is 2.14 bits per heavy atom. The van der Waals surface area contributed by atoms with E-state index in [9.17, 15) is 19.2 Å². The molecule has 3 aromatic rings. The molecule has 2 aliphatic heterocycles. The Morgan fingerprint density at radius 2 is 1.49 bits per heavy atom.